The minimum Gasteiger partial charge on any atom is -0.490 e. The third-order valence-corrected chi connectivity index (χ3v) is 6.59. The Hall–Kier alpha value is -2.61. The van der Waals surface area contributed by atoms with Crippen LogP contribution in [0.4, 0.5) is 11.4 Å². The molecular formula is C22H31N5O3. The van der Waals surface area contributed by atoms with Gasteiger partial charge in [0, 0.05) is 55.3 Å². The third kappa shape index (κ3) is 4.43. The Bertz CT molecular complexity index is 883. The zero-order valence-corrected chi connectivity index (χ0v) is 17.8. The van der Waals surface area contributed by atoms with Gasteiger partial charge in [0.25, 0.3) is 0 Å². The molecule has 1 aromatic heterocycles. The van der Waals surface area contributed by atoms with E-state index in [0.717, 1.165) is 67.7 Å². The van der Waals surface area contributed by atoms with Crippen molar-refractivity contribution in [2.75, 3.05) is 38.2 Å². The molecule has 162 valence electrons. The average molecular weight is 414 g/mol. The fraction of sp³-hybridized carbons (Fsp3) is 0.591. The number of benzene rings is 1. The van der Waals surface area contributed by atoms with Crippen LogP contribution in [0.25, 0.3) is 11.1 Å². The SMILES string of the molecule is COc1cc(N2CCC(CC3CCNCC3)CC2)c(-c2cnn(C)c2)cc1[N+](=O)[O-]. The highest BCUT2D eigenvalue weighted by Crippen LogP contribution is 2.42. The largest absolute Gasteiger partial charge is 0.490 e. The smallest absolute Gasteiger partial charge is 0.311 e. The van der Waals surface area contributed by atoms with Gasteiger partial charge in [0.15, 0.2) is 5.75 Å². The van der Waals surface area contributed by atoms with E-state index < -0.39 is 0 Å². The van der Waals surface area contributed by atoms with Crippen molar-refractivity contribution in [1.82, 2.24) is 15.1 Å². The molecule has 0 aliphatic carbocycles. The van der Waals surface area contributed by atoms with E-state index in [0.29, 0.717) is 5.75 Å². The highest BCUT2D eigenvalue weighted by molar-refractivity contribution is 5.82. The average Bonchev–Trinajstić information content (AvgIpc) is 3.20. The van der Waals surface area contributed by atoms with Gasteiger partial charge in [0.05, 0.1) is 18.2 Å². The molecule has 2 aliphatic rings. The van der Waals surface area contributed by atoms with E-state index in [9.17, 15) is 10.1 Å². The molecule has 1 aromatic carbocycles. The zero-order chi connectivity index (χ0) is 21.1. The van der Waals surface area contributed by atoms with Crippen LogP contribution in [0.2, 0.25) is 0 Å². The first-order valence-corrected chi connectivity index (χ1v) is 10.9. The van der Waals surface area contributed by atoms with Crippen LogP contribution < -0.4 is 15.0 Å². The number of methoxy groups -OCH3 is 1. The molecule has 0 bridgehead atoms. The van der Waals surface area contributed by atoms with Crippen molar-refractivity contribution in [3.05, 3.63) is 34.6 Å². The van der Waals surface area contributed by atoms with E-state index in [4.69, 9.17) is 4.74 Å². The summed E-state index contributed by atoms with van der Waals surface area (Å²) in [7, 11) is 3.34. The van der Waals surface area contributed by atoms with Crippen molar-refractivity contribution in [3.8, 4) is 16.9 Å². The van der Waals surface area contributed by atoms with Crippen LogP contribution >= 0.6 is 0 Å². The van der Waals surface area contributed by atoms with Crippen molar-refractivity contribution in [2.24, 2.45) is 18.9 Å². The summed E-state index contributed by atoms with van der Waals surface area (Å²) in [6.07, 6.45) is 9.91. The maximum absolute atomic E-state index is 11.6. The molecule has 30 heavy (non-hydrogen) atoms. The first-order valence-electron chi connectivity index (χ1n) is 10.9. The van der Waals surface area contributed by atoms with Gasteiger partial charge in [-0.1, -0.05) is 0 Å². The van der Waals surface area contributed by atoms with E-state index in [1.54, 1.807) is 16.9 Å². The molecule has 3 heterocycles. The van der Waals surface area contributed by atoms with Gasteiger partial charge in [-0.25, -0.2) is 0 Å². The van der Waals surface area contributed by atoms with E-state index in [2.05, 4.69) is 15.3 Å². The van der Waals surface area contributed by atoms with Gasteiger partial charge in [-0.05, 0) is 57.0 Å². The molecule has 2 aliphatic heterocycles. The van der Waals surface area contributed by atoms with Gasteiger partial charge in [-0.3, -0.25) is 14.8 Å². The number of rotatable bonds is 6. The number of piperidine rings is 2. The van der Waals surface area contributed by atoms with Crippen molar-refractivity contribution in [1.29, 1.82) is 0 Å². The molecule has 1 N–H and O–H groups in total. The van der Waals surface area contributed by atoms with Crippen LogP contribution in [-0.2, 0) is 7.05 Å². The van der Waals surface area contributed by atoms with Gasteiger partial charge < -0.3 is 15.0 Å². The predicted molar refractivity (Wildman–Crippen MR) is 117 cm³/mol. The first kappa shape index (κ1) is 20.7. The Labute approximate surface area is 177 Å². The van der Waals surface area contributed by atoms with Crippen LogP contribution in [0.5, 0.6) is 5.75 Å². The highest BCUT2D eigenvalue weighted by Gasteiger charge is 2.27. The standard InChI is InChI=1S/C22H31N5O3/c1-25-15-18(14-24-25)19-12-21(27(28)29)22(30-2)13-20(19)26-9-5-17(6-10-26)11-16-3-7-23-8-4-16/h12-17,23H,3-11H2,1-2H3. The Morgan fingerprint density at radius 1 is 1.20 bits per heavy atom. The lowest BCUT2D eigenvalue weighted by molar-refractivity contribution is -0.385. The number of aryl methyl sites for hydroxylation is 1. The minimum absolute atomic E-state index is 0.0131. The van der Waals surface area contributed by atoms with E-state index in [1.165, 1.54) is 26.4 Å². The number of hydrogen-bond donors (Lipinski definition) is 1. The maximum atomic E-state index is 11.6. The van der Waals surface area contributed by atoms with Crippen LogP contribution in [0, 0.1) is 22.0 Å². The highest BCUT2D eigenvalue weighted by atomic mass is 16.6. The number of hydrogen-bond acceptors (Lipinski definition) is 6. The number of anilines is 1. The molecule has 0 spiro atoms. The summed E-state index contributed by atoms with van der Waals surface area (Å²) >= 11 is 0. The molecule has 2 saturated heterocycles. The molecule has 4 rings (SSSR count). The van der Waals surface area contributed by atoms with Crippen molar-refractivity contribution in [2.45, 2.75) is 32.1 Å². The second kappa shape index (κ2) is 9.04. The second-order valence-corrected chi connectivity index (χ2v) is 8.56. The molecule has 0 atom stereocenters. The summed E-state index contributed by atoms with van der Waals surface area (Å²) in [5, 5.41) is 19.3. The lowest BCUT2D eigenvalue weighted by atomic mass is 9.83. The topological polar surface area (TPSA) is 85.5 Å². The molecular weight excluding hydrogens is 382 g/mol. The maximum Gasteiger partial charge on any atom is 0.311 e. The van der Waals surface area contributed by atoms with Crippen molar-refractivity contribution >= 4 is 11.4 Å². The molecule has 2 fully saturated rings. The van der Waals surface area contributed by atoms with Crippen LogP contribution in [-0.4, -0.2) is 48.0 Å². The monoisotopic (exact) mass is 413 g/mol. The molecule has 2 aromatic rings. The normalized spacial score (nSPS) is 18.5. The number of nitrogens with one attached hydrogen (secondary N) is 1. The van der Waals surface area contributed by atoms with E-state index >= 15 is 0 Å². The number of nitrogens with zero attached hydrogens (tertiary/aromatic N) is 4. The quantitative estimate of drug-likeness (QED) is 0.575. The van der Waals surface area contributed by atoms with E-state index in [-0.39, 0.29) is 10.6 Å². The van der Waals surface area contributed by atoms with Crippen LogP contribution in [0.3, 0.4) is 0 Å². The first-order chi connectivity index (χ1) is 14.5. The predicted octanol–water partition coefficient (Wildman–Crippen LogP) is 3.61. The fourth-order valence-corrected chi connectivity index (χ4v) is 4.92. The van der Waals surface area contributed by atoms with Crippen molar-refractivity contribution in [3.63, 3.8) is 0 Å². The molecule has 0 radical (unpaired) electrons. The minimum atomic E-state index is -0.381. The summed E-state index contributed by atoms with van der Waals surface area (Å²) in [6.45, 7) is 4.23. The number of nitro benzene ring substituents is 1. The number of aromatic nitrogens is 2. The lowest BCUT2D eigenvalue weighted by Crippen LogP contribution is -2.36. The number of ether oxygens (including phenoxy) is 1. The van der Waals surface area contributed by atoms with Gasteiger partial charge in [-0.15, -0.1) is 0 Å². The van der Waals surface area contributed by atoms with Gasteiger partial charge >= 0.3 is 5.69 Å². The van der Waals surface area contributed by atoms with Gasteiger partial charge in [-0.2, -0.15) is 5.10 Å². The second-order valence-electron chi connectivity index (χ2n) is 8.56. The van der Waals surface area contributed by atoms with Crippen LogP contribution in [0.15, 0.2) is 24.5 Å². The molecule has 0 amide bonds. The van der Waals surface area contributed by atoms with Crippen molar-refractivity contribution < 1.29 is 9.66 Å². The Kier molecular flexibility index (Phi) is 6.22. The summed E-state index contributed by atoms with van der Waals surface area (Å²) in [5.41, 5.74) is 2.70. The lowest BCUT2D eigenvalue weighted by Gasteiger charge is -2.36. The van der Waals surface area contributed by atoms with Gasteiger partial charge in [0.1, 0.15) is 0 Å². The summed E-state index contributed by atoms with van der Waals surface area (Å²) in [6, 6.07) is 3.46. The van der Waals surface area contributed by atoms with E-state index in [1.807, 2.05) is 19.3 Å². The summed E-state index contributed by atoms with van der Waals surface area (Å²) < 4.78 is 7.08. The molecule has 0 saturated carbocycles. The fourth-order valence-electron chi connectivity index (χ4n) is 4.92. The number of nitro groups is 1. The summed E-state index contributed by atoms with van der Waals surface area (Å²) in [4.78, 5) is 13.5. The molecule has 8 heteroatoms. The summed E-state index contributed by atoms with van der Waals surface area (Å²) in [5.74, 6) is 1.93. The Balaban J connectivity index is 1.56. The Morgan fingerprint density at radius 2 is 1.90 bits per heavy atom. The Morgan fingerprint density at radius 3 is 2.50 bits per heavy atom. The zero-order valence-electron chi connectivity index (χ0n) is 17.8. The van der Waals surface area contributed by atoms with Crippen LogP contribution in [0.1, 0.15) is 32.1 Å². The molecule has 0 unspecified atom stereocenters. The molecule has 8 nitrogen and oxygen atoms in total. The third-order valence-electron chi connectivity index (χ3n) is 6.59. The van der Waals surface area contributed by atoms with Gasteiger partial charge in [0.2, 0.25) is 0 Å².